The van der Waals surface area contributed by atoms with Gasteiger partial charge in [0, 0.05) is 17.6 Å². The fourth-order valence-corrected chi connectivity index (χ4v) is 2.59. The number of nitrogens with one attached hydrogen (secondary N) is 2. The first-order chi connectivity index (χ1) is 9.20. The summed E-state index contributed by atoms with van der Waals surface area (Å²) in [6.07, 6.45) is 4.65. The van der Waals surface area contributed by atoms with E-state index in [0.717, 1.165) is 24.9 Å². The van der Waals surface area contributed by atoms with E-state index in [9.17, 15) is 4.79 Å². The van der Waals surface area contributed by atoms with Gasteiger partial charge in [0.15, 0.2) is 0 Å². The van der Waals surface area contributed by atoms with Crippen LogP contribution in [-0.4, -0.2) is 24.5 Å². The van der Waals surface area contributed by atoms with Gasteiger partial charge < -0.3 is 10.6 Å². The minimum atomic E-state index is 0.0301. The summed E-state index contributed by atoms with van der Waals surface area (Å²) in [4.78, 5) is 12.2. The van der Waals surface area contributed by atoms with Crippen LogP contribution in [0, 0.1) is 0 Å². The fraction of sp³-hybridized carbons (Fsp3) is 0.562. The van der Waals surface area contributed by atoms with Crippen LogP contribution in [0.5, 0.6) is 0 Å². The molecule has 1 amide bonds. The molecule has 0 bridgehead atoms. The number of carbonyl (C=O) groups excluding carboxylic acids is 1. The van der Waals surface area contributed by atoms with Gasteiger partial charge in [-0.1, -0.05) is 25.5 Å². The van der Waals surface area contributed by atoms with Crippen LogP contribution < -0.4 is 10.6 Å². The highest BCUT2D eigenvalue weighted by atomic mass is 16.1. The molecule has 1 aromatic rings. The van der Waals surface area contributed by atoms with Gasteiger partial charge >= 0.3 is 0 Å². The first kappa shape index (κ1) is 14.1. The zero-order chi connectivity index (χ0) is 13.7. The molecule has 0 saturated carbocycles. The third kappa shape index (κ3) is 3.80. The predicted octanol–water partition coefficient (Wildman–Crippen LogP) is 2.51. The Morgan fingerprint density at radius 3 is 2.68 bits per heavy atom. The molecule has 1 heterocycles. The molecule has 3 nitrogen and oxygen atoms in total. The van der Waals surface area contributed by atoms with Gasteiger partial charge in [0.1, 0.15) is 0 Å². The van der Waals surface area contributed by atoms with Gasteiger partial charge in [0.05, 0.1) is 0 Å². The molecule has 104 valence electrons. The average molecular weight is 260 g/mol. The minimum Gasteiger partial charge on any atom is -0.348 e. The zero-order valence-electron chi connectivity index (χ0n) is 11.9. The molecule has 1 fully saturated rings. The van der Waals surface area contributed by atoms with Crippen LogP contribution in [0.1, 0.15) is 49.0 Å². The van der Waals surface area contributed by atoms with Crippen LogP contribution in [-0.2, 0) is 6.42 Å². The SMILES string of the molecule is CCc1ccc(C(=O)NC(C)C2CCCCN2)cc1. The lowest BCUT2D eigenvalue weighted by molar-refractivity contribution is 0.0928. The van der Waals surface area contributed by atoms with E-state index >= 15 is 0 Å². The third-order valence-corrected chi connectivity index (χ3v) is 3.94. The van der Waals surface area contributed by atoms with Gasteiger partial charge in [0.2, 0.25) is 0 Å². The van der Waals surface area contributed by atoms with Gasteiger partial charge in [-0.25, -0.2) is 0 Å². The van der Waals surface area contributed by atoms with Gasteiger partial charge in [-0.15, -0.1) is 0 Å². The molecule has 2 rings (SSSR count). The highest BCUT2D eigenvalue weighted by Crippen LogP contribution is 2.11. The molecule has 0 aliphatic carbocycles. The van der Waals surface area contributed by atoms with Crippen molar-refractivity contribution in [3.05, 3.63) is 35.4 Å². The Hall–Kier alpha value is -1.35. The van der Waals surface area contributed by atoms with Gasteiger partial charge in [-0.2, -0.15) is 0 Å². The number of carbonyl (C=O) groups is 1. The number of aryl methyl sites for hydroxylation is 1. The minimum absolute atomic E-state index is 0.0301. The first-order valence-electron chi connectivity index (χ1n) is 7.34. The zero-order valence-corrected chi connectivity index (χ0v) is 11.9. The monoisotopic (exact) mass is 260 g/mol. The summed E-state index contributed by atoms with van der Waals surface area (Å²) in [6, 6.07) is 8.47. The number of rotatable bonds is 4. The van der Waals surface area contributed by atoms with Crippen LogP contribution in [0.2, 0.25) is 0 Å². The molecule has 2 atom stereocenters. The molecule has 3 heteroatoms. The summed E-state index contributed by atoms with van der Waals surface area (Å²) in [6.45, 7) is 5.27. The Labute approximate surface area is 115 Å². The molecule has 1 saturated heterocycles. The molecule has 0 radical (unpaired) electrons. The topological polar surface area (TPSA) is 41.1 Å². The molecule has 19 heavy (non-hydrogen) atoms. The molecular weight excluding hydrogens is 236 g/mol. The Balaban J connectivity index is 1.91. The van der Waals surface area contributed by atoms with E-state index in [0.29, 0.717) is 6.04 Å². The lowest BCUT2D eigenvalue weighted by Gasteiger charge is -2.29. The maximum absolute atomic E-state index is 12.2. The predicted molar refractivity (Wildman–Crippen MR) is 78.4 cm³/mol. The van der Waals surface area contributed by atoms with Crippen molar-refractivity contribution in [2.45, 2.75) is 51.6 Å². The number of amides is 1. The average Bonchev–Trinajstić information content (AvgIpc) is 2.48. The van der Waals surface area contributed by atoms with Crippen molar-refractivity contribution in [1.29, 1.82) is 0 Å². The van der Waals surface area contributed by atoms with Crippen molar-refractivity contribution in [3.63, 3.8) is 0 Å². The van der Waals surface area contributed by atoms with Crippen molar-refractivity contribution in [2.75, 3.05) is 6.54 Å². The normalized spacial score (nSPS) is 20.8. The van der Waals surface area contributed by atoms with E-state index in [1.807, 2.05) is 24.3 Å². The summed E-state index contributed by atoms with van der Waals surface area (Å²) in [7, 11) is 0. The maximum Gasteiger partial charge on any atom is 0.251 e. The van der Waals surface area contributed by atoms with E-state index < -0.39 is 0 Å². The molecule has 2 N–H and O–H groups in total. The standard InChI is InChI=1S/C16H24N2O/c1-3-13-7-9-14(10-8-13)16(19)18-12(2)15-6-4-5-11-17-15/h7-10,12,15,17H,3-6,11H2,1-2H3,(H,18,19). The summed E-state index contributed by atoms with van der Waals surface area (Å²) < 4.78 is 0. The van der Waals surface area contributed by atoms with Crippen molar-refractivity contribution >= 4 is 5.91 Å². The largest absolute Gasteiger partial charge is 0.348 e. The van der Waals surface area contributed by atoms with E-state index in [1.165, 1.54) is 18.4 Å². The van der Waals surface area contributed by atoms with E-state index in [-0.39, 0.29) is 11.9 Å². The van der Waals surface area contributed by atoms with Gasteiger partial charge in [-0.05, 0) is 50.4 Å². The molecule has 1 aliphatic rings. The number of hydrogen-bond acceptors (Lipinski definition) is 2. The molecule has 1 aliphatic heterocycles. The number of benzene rings is 1. The second-order valence-electron chi connectivity index (χ2n) is 5.37. The van der Waals surface area contributed by atoms with Crippen LogP contribution in [0.4, 0.5) is 0 Å². The summed E-state index contributed by atoms with van der Waals surface area (Å²) in [5.74, 6) is 0.0301. The van der Waals surface area contributed by atoms with Crippen molar-refractivity contribution < 1.29 is 4.79 Å². The quantitative estimate of drug-likeness (QED) is 0.873. The molecular formula is C16H24N2O. The fourth-order valence-electron chi connectivity index (χ4n) is 2.59. The van der Waals surface area contributed by atoms with E-state index in [2.05, 4.69) is 24.5 Å². The molecule has 0 aromatic heterocycles. The maximum atomic E-state index is 12.2. The van der Waals surface area contributed by atoms with Crippen LogP contribution in [0.3, 0.4) is 0 Å². The Morgan fingerprint density at radius 2 is 2.11 bits per heavy atom. The highest BCUT2D eigenvalue weighted by molar-refractivity contribution is 5.94. The second kappa shape index (κ2) is 6.71. The van der Waals surface area contributed by atoms with Gasteiger partial charge in [-0.3, -0.25) is 4.79 Å². The summed E-state index contributed by atoms with van der Waals surface area (Å²) >= 11 is 0. The lowest BCUT2D eigenvalue weighted by atomic mass is 9.98. The van der Waals surface area contributed by atoms with Crippen molar-refractivity contribution in [3.8, 4) is 0 Å². The van der Waals surface area contributed by atoms with Crippen LogP contribution in [0.15, 0.2) is 24.3 Å². The van der Waals surface area contributed by atoms with E-state index in [1.54, 1.807) is 0 Å². The summed E-state index contributed by atoms with van der Waals surface area (Å²) in [5.41, 5.74) is 2.01. The first-order valence-corrected chi connectivity index (χ1v) is 7.34. The van der Waals surface area contributed by atoms with Crippen LogP contribution >= 0.6 is 0 Å². The number of hydrogen-bond donors (Lipinski definition) is 2. The van der Waals surface area contributed by atoms with Crippen LogP contribution in [0.25, 0.3) is 0 Å². The molecule has 0 spiro atoms. The molecule has 2 unspecified atom stereocenters. The Bertz CT molecular complexity index is 407. The Morgan fingerprint density at radius 1 is 1.37 bits per heavy atom. The number of piperidine rings is 1. The smallest absolute Gasteiger partial charge is 0.251 e. The summed E-state index contributed by atoms with van der Waals surface area (Å²) in [5, 5.41) is 6.58. The highest BCUT2D eigenvalue weighted by Gasteiger charge is 2.21. The third-order valence-electron chi connectivity index (χ3n) is 3.94. The lowest BCUT2D eigenvalue weighted by Crippen LogP contribution is -2.50. The molecule has 1 aromatic carbocycles. The van der Waals surface area contributed by atoms with Crippen molar-refractivity contribution in [2.24, 2.45) is 0 Å². The van der Waals surface area contributed by atoms with E-state index in [4.69, 9.17) is 0 Å². The Kier molecular flexibility index (Phi) is 4.97. The second-order valence-corrected chi connectivity index (χ2v) is 5.37. The van der Waals surface area contributed by atoms with Gasteiger partial charge in [0.25, 0.3) is 5.91 Å². The van der Waals surface area contributed by atoms with Crippen molar-refractivity contribution in [1.82, 2.24) is 10.6 Å².